The zero-order valence-electron chi connectivity index (χ0n) is 22.8. The van der Waals surface area contributed by atoms with Gasteiger partial charge in [-0.2, -0.15) is 0 Å². The number of nitrogens with one attached hydrogen (secondary N) is 1. The van der Waals surface area contributed by atoms with Crippen molar-refractivity contribution >= 4 is 18.1 Å². The number of carbonyl (C=O) groups is 3. The molecule has 37 heavy (non-hydrogen) atoms. The summed E-state index contributed by atoms with van der Waals surface area (Å²) in [5.41, 5.74) is 2.32. The first-order valence-corrected chi connectivity index (χ1v) is 13.3. The van der Waals surface area contributed by atoms with Crippen molar-refractivity contribution < 1.29 is 14.4 Å². The molecule has 0 saturated carbocycles. The number of hydrogen-bond donors (Lipinski definition) is 1. The van der Waals surface area contributed by atoms with Crippen molar-refractivity contribution in [3.05, 3.63) is 41.2 Å². The molecule has 1 aromatic carbocycles. The highest BCUT2D eigenvalue weighted by atomic mass is 16.2. The molecule has 3 heterocycles. The van der Waals surface area contributed by atoms with Gasteiger partial charge in [0.1, 0.15) is 12.1 Å². The van der Waals surface area contributed by atoms with Crippen molar-refractivity contribution in [1.29, 1.82) is 0 Å². The van der Waals surface area contributed by atoms with Crippen LogP contribution < -0.4 is 5.32 Å². The fourth-order valence-corrected chi connectivity index (χ4v) is 5.00. The topological polar surface area (TPSA) is 90.8 Å². The van der Waals surface area contributed by atoms with Crippen LogP contribution >= 0.6 is 0 Å². The first kappa shape index (κ1) is 27.0. The number of imidazole rings is 1. The van der Waals surface area contributed by atoms with E-state index in [4.69, 9.17) is 4.98 Å². The van der Waals surface area contributed by atoms with Gasteiger partial charge in [0.25, 0.3) is 11.8 Å². The standard InChI is InChI=1S/C28H40N6O3/c1-6-32-14-16-33(17-15-32)27(37)21-10-8-20(9-11-21)25-30-24(22-18-31(5)12-7-13-34(22)25)26(36)29-23(19-35)28(2,3)4/h8-11,19,23H,6-7,12-18H2,1-5H3,(H,29,36). The Labute approximate surface area is 219 Å². The highest BCUT2D eigenvalue weighted by Crippen LogP contribution is 2.27. The minimum Gasteiger partial charge on any atom is -0.341 e. The summed E-state index contributed by atoms with van der Waals surface area (Å²) in [4.78, 5) is 49.3. The smallest absolute Gasteiger partial charge is 0.272 e. The van der Waals surface area contributed by atoms with Gasteiger partial charge in [0.2, 0.25) is 0 Å². The van der Waals surface area contributed by atoms with Gasteiger partial charge in [-0.05, 0) is 44.1 Å². The summed E-state index contributed by atoms with van der Waals surface area (Å²) in [6.45, 7) is 14.5. The fraction of sp³-hybridized carbons (Fsp3) is 0.571. The number of aldehydes is 1. The Bertz CT molecular complexity index is 1130. The number of rotatable bonds is 6. The van der Waals surface area contributed by atoms with Crippen LogP contribution in [0.2, 0.25) is 0 Å². The molecule has 2 aliphatic rings. The Morgan fingerprint density at radius 3 is 2.32 bits per heavy atom. The van der Waals surface area contributed by atoms with E-state index in [1.54, 1.807) is 0 Å². The van der Waals surface area contributed by atoms with Gasteiger partial charge in [-0.15, -0.1) is 0 Å². The number of piperazine rings is 1. The second kappa shape index (κ2) is 11.1. The van der Waals surface area contributed by atoms with Crippen molar-refractivity contribution in [1.82, 2.24) is 29.6 Å². The zero-order chi connectivity index (χ0) is 26.7. The molecular formula is C28H40N6O3. The van der Waals surface area contributed by atoms with Crippen LogP contribution in [-0.4, -0.2) is 94.7 Å². The molecular weight excluding hydrogens is 468 g/mol. The van der Waals surface area contributed by atoms with Crippen LogP contribution in [0.4, 0.5) is 0 Å². The monoisotopic (exact) mass is 508 g/mol. The molecule has 2 amide bonds. The number of fused-ring (bicyclic) bond motifs is 1. The zero-order valence-corrected chi connectivity index (χ0v) is 22.8. The molecule has 1 unspecified atom stereocenters. The Balaban J connectivity index is 1.61. The number of carbonyl (C=O) groups excluding carboxylic acids is 3. The molecule has 2 aromatic rings. The summed E-state index contributed by atoms with van der Waals surface area (Å²) in [5, 5.41) is 2.89. The fourth-order valence-electron chi connectivity index (χ4n) is 5.00. The van der Waals surface area contributed by atoms with E-state index in [0.29, 0.717) is 23.6 Å². The Kier molecular flexibility index (Phi) is 8.14. The molecule has 2 aliphatic heterocycles. The van der Waals surface area contributed by atoms with Crippen LogP contribution in [0.15, 0.2) is 24.3 Å². The number of nitrogens with zero attached hydrogens (tertiary/aromatic N) is 5. The summed E-state index contributed by atoms with van der Waals surface area (Å²) in [7, 11) is 2.04. The van der Waals surface area contributed by atoms with Crippen molar-refractivity contribution in [2.24, 2.45) is 5.41 Å². The molecule has 4 rings (SSSR count). The largest absolute Gasteiger partial charge is 0.341 e. The van der Waals surface area contributed by atoms with Crippen LogP contribution in [0.25, 0.3) is 11.4 Å². The Morgan fingerprint density at radius 1 is 1.05 bits per heavy atom. The molecule has 0 spiro atoms. The normalized spacial score (nSPS) is 18.1. The van der Waals surface area contributed by atoms with Gasteiger partial charge >= 0.3 is 0 Å². The molecule has 0 aliphatic carbocycles. The molecule has 1 atom stereocenters. The van der Waals surface area contributed by atoms with Gasteiger partial charge in [0.05, 0.1) is 11.7 Å². The third kappa shape index (κ3) is 5.93. The maximum Gasteiger partial charge on any atom is 0.272 e. The van der Waals surface area contributed by atoms with Gasteiger partial charge in [-0.1, -0.05) is 39.8 Å². The molecule has 1 aromatic heterocycles. The summed E-state index contributed by atoms with van der Waals surface area (Å²) in [5.74, 6) is 0.424. The molecule has 1 saturated heterocycles. The number of hydrogen-bond acceptors (Lipinski definition) is 6. The molecule has 1 N–H and O–H groups in total. The second-order valence-electron chi connectivity index (χ2n) is 11.2. The molecule has 0 bridgehead atoms. The van der Waals surface area contributed by atoms with Gasteiger partial charge < -0.3 is 29.4 Å². The van der Waals surface area contributed by atoms with Crippen LogP contribution in [0.1, 0.15) is 60.7 Å². The van der Waals surface area contributed by atoms with E-state index in [9.17, 15) is 14.4 Å². The van der Waals surface area contributed by atoms with Gasteiger partial charge in [0, 0.05) is 50.4 Å². The number of amides is 2. The lowest BCUT2D eigenvalue weighted by atomic mass is 9.87. The average molecular weight is 509 g/mol. The lowest BCUT2D eigenvalue weighted by molar-refractivity contribution is -0.111. The third-order valence-electron chi connectivity index (χ3n) is 7.48. The van der Waals surface area contributed by atoms with Gasteiger partial charge in [-0.3, -0.25) is 9.59 Å². The second-order valence-corrected chi connectivity index (χ2v) is 11.2. The van der Waals surface area contributed by atoms with Crippen molar-refractivity contribution in [3.63, 3.8) is 0 Å². The predicted molar refractivity (Wildman–Crippen MR) is 143 cm³/mol. The maximum atomic E-state index is 13.3. The van der Waals surface area contributed by atoms with E-state index >= 15 is 0 Å². The van der Waals surface area contributed by atoms with E-state index in [-0.39, 0.29) is 11.8 Å². The summed E-state index contributed by atoms with van der Waals surface area (Å²) in [6.07, 6.45) is 1.73. The van der Waals surface area contributed by atoms with Crippen molar-refractivity contribution in [2.45, 2.75) is 53.2 Å². The Morgan fingerprint density at radius 2 is 1.73 bits per heavy atom. The van der Waals surface area contributed by atoms with Crippen LogP contribution in [0.3, 0.4) is 0 Å². The maximum absolute atomic E-state index is 13.3. The van der Waals surface area contributed by atoms with Crippen molar-refractivity contribution in [2.75, 3.05) is 46.3 Å². The van der Waals surface area contributed by atoms with Crippen molar-refractivity contribution in [3.8, 4) is 11.4 Å². The third-order valence-corrected chi connectivity index (χ3v) is 7.48. The highest BCUT2D eigenvalue weighted by molar-refractivity contribution is 5.96. The van der Waals surface area contributed by atoms with E-state index in [0.717, 1.165) is 69.8 Å². The predicted octanol–water partition coefficient (Wildman–Crippen LogP) is 2.51. The van der Waals surface area contributed by atoms with Gasteiger partial charge in [0.15, 0.2) is 5.69 Å². The van der Waals surface area contributed by atoms with Gasteiger partial charge in [-0.25, -0.2) is 4.98 Å². The van der Waals surface area contributed by atoms with E-state index in [1.165, 1.54) is 0 Å². The molecule has 9 heteroatoms. The highest BCUT2D eigenvalue weighted by Gasteiger charge is 2.31. The lowest BCUT2D eigenvalue weighted by Crippen LogP contribution is -2.48. The minimum atomic E-state index is -0.617. The first-order valence-electron chi connectivity index (χ1n) is 13.3. The lowest BCUT2D eigenvalue weighted by Gasteiger charge is -2.34. The molecule has 0 radical (unpaired) electrons. The average Bonchev–Trinajstić information content (AvgIpc) is 3.12. The molecule has 200 valence electrons. The van der Waals surface area contributed by atoms with E-state index in [2.05, 4.69) is 26.6 Å². The number of aromatic nitrogens is 2. The minimum absolute atomic E-state index is 0.0491. The van der Waals surface area contributed by atoms with Crippen LogP contribution in [-0.2, 0) is 17.9 Å². The summed E-state index contributed by atoms with van der Waals surface area (Å²) < 4.78 is 2.12. The van der Waals surface area contributed by atoms with Crippen LogP contribution in [0, 0.1) is 5.41 Å². The SMILES string of the molecule is CCN1CCN(C(=O)c2ccc(-c3nc(C(=O)NC(C=O)C(C)(C)C)c4n3CCCN(C)C4)cc2)CC1. The molecule has 1 fully saturated rings. The summed E-state index contributed by atoms with van der Waals surface area (Å²) in [6, 6.07) is 6.94. The number of likely N-dealkylation sites (N-methyl/N-ethyl adjacent to an activating group) is 1. The van der Waals surface area contributed by atoms with E-state index in [1.807, 2.05) is 57.0 Å². The number of benzene rings is 1. The Hall–Kier alpha value is -3.04. The summed E-state index contributed by atoms with van der Waals surface area (Å²) >= 11 is 0. The first-order chi connectivity index (χ1) is 17.6. The van der Waals surface area contributed by atoms with Crippen LogP contribution in [0.5, 0.6) is 0 Å². The van der Waals surface area contributed by atoms with E-state index < -0.39 is 11.5 Å². The quantitative estimate of drug-likeness (QED) is 0.603. The molecule has 9 nitrogen and oxygen atoms in total.